The summed E-state index contributed by atoms with van der Waals surface area (Å²) in [7, 11) is 0. The Kier molecular flexibility index (Phi) is 5.53. The van der Waals surface area contributed by atoms with Crippen molar-refractivity contribution in [2.75, 3.05) is 5.32 Å². The monoisotopic (exact) mass is 418 g/mol. The van der Waals surface area contributed by atoms with Crippen molar-refractivity contribution in [1.29, 1.82) is 0 Å². The molecular weight excluding hydrogens is 399 g/mol. The second-order valence-electron chi connectivity index (χ2n) is 7.53. The van der Waals surface area contributed by atoms with Crippen LogP contribution in [-0.2, 0) is 9.53 Å². The first kappa shape index (κ1) is 20.7. The number of hydrogen-bond acceptors (Lipinski definition) is 3. The minimum Gasteiger partial charge on any atom is -0.479 e. The summed E-state index contributed by atoms with van der Waals surface area (Å²) in [6, 6.07) is 9.30. The lowest BCUT2D eigenvalue weighted by atomic mass is 10.1. The van der Waals surface area contributed by atoms with Gasteiger partial charge in [0.05, 0.1) is 11.2 Å². The molecule has 0 aliphatic rings. The molecule has 0 fully saturated rings. The molecule has 1 atom stereocenters. The molecule has 0 aliphatic heterocycles. The Bertz CT molecular complexity index is 1070. The SMILES string of the molecule is CC(C)(C)OC(=O)Nc1cc(F)cc2c1ccn2C(C(=O)O)c1ccc(Cl)cc1. The van der Waals surface area contributed by atoms with Gasteiger partial charge in [-0.25, -0.2) is 14.0 Å². The first-order valence-corrected chi connectivity index (χ1v) is 9.21. The van der Waals surface area contributed by atoms with Crippen LogP contribution in [0.1, 0.15) is 32.4 Å². The van der Waals surface area contributed by atoms with Crippen LogP contribution in [0.3, 0.4) is 0 Å². The lowest BCUT2D eigenvalue weighted by Gasteiger charge is -2.20. The molecule has 6 nitrogen and oxygen atoms in total. The summed E-state index contributed by atoms with van der Waals surface area (Å²) in [5, 5.41) is 13.3. The number of carboxylic acid groups (broad SMARTS) is 1. The van der Waals surface area contributed by atoms with E-state index in [4.69, 9.17) is 16.3 Å². The van der Waals surface area contributed by atoms with Crippen molar-refractivity contribution in [3.8, 4) is 0 Å². The standard InChI is InChI=1S/C21H20ClFN2O4/c1-21(2,3)29-20(28)24-16-10-14(23)11-17-15(16)8-9-25(17)18(19(26)27)12-4-6-13(22)7-5-12/h4-11,18H,1-3H3,(H,24,28)(H,26,27). The highest BCUT2D eigenvalue weighted by atomic mass is 35.5. The average molecular weight is 419 g/mol. The number of carbonyl (C=O) groups is 2. The number of nitrogens with zero attached hydrogens (tertiary/aromatic N) is 1. The molecule has 0 spiro atoms. The number of carbonyl (C=O) groups excluding carboxylic acids is 1. The Morgan fingerprint density at radius 3 is 2.41 bits per heavy atom. The Morgan fingerprint density at radius 2 is 1.83 bits per heavy atom. The molecule has 0 saturated carbocycles. The van der Waals surface area contributed by atoms with E-state index in [-0.39, 0.29) is 5.69 Å². The molecule has 0 aliphatic carbocycles. The van der Waals surface area contributed by atoms with E-state index in [9.17, 15) is 19.1 Å². The van der Waals surface area contributed by atoms with Gasteiger partial charge in [0.2, 0.25) is 0 Å². The van der Waals surface area contributed by atoms with Gasteiger partial charge < -0.3 is 14.4 Å². The number of anilines is 1. The summed E-state index contributed by atoms with van der Waals surface area (Å²) in [5.74, 6) is -1.74. The van der Waals surface area contributed by atoms with E-state index in [0.29, 0.717) is 21.5 Å². The molecule has 0 saturated heterocycles. The molecule has 152 valence electrons. The summed E-state index contributed by atoms with van der Waals surface area (Å²) in [6.07, 6.45) is 0.808. The number of hydrogen-bond donors (Lipinski definition) is 2. The molecule has 29 heavy (non-hydrogen) atoms. The van der Waals surface area contributed by atoms with Crippen LogP contribution < -0.4 is 5.32 Å². The van der Waals surface area contributed by atoms with Gasteiger partial charge in [-0.1, -0.05) is 23.7 Å². The lowest BCUT2D eigenvalue weighted by molar-refractivity contribution is -0.139. The normalized spacial score (nSPS) is 12.6. The zero-order valence-corrected chi connectivity index (χ0v) is 16.8. The van der Waals surface area contributed by atoms with Crippen LogP contribution in [0, 0.1) is 5.82 Å². The van der Waals surface area contributed by atoms with Crippen LogP contribution in [0.25, 0.3) is 10.9 Å². The third-order valence-corrected chi connectivity index (χ3v) is 4.39. The fraction of sp³-hybridized carbons (Fsp3) is 0.238. The number of nitrogens with one attached hydrogen (secondary N) is 1. The zero-order valence-electron chi connectivity index (χ0n) is 16.1. The molecule has 3 aromatic rings. The van der Waals surface area contributed by atoms with E-state index in [1.165, 1.54) is 16.8 Å². The van der Waals surface area contributed by atoms with Crippen LogP contribution in [0.15, 0.2) is 48.7 Å². The van der Waals surface area contributed by atoms with Gasteiger partial charge in [0, 0.05) is 16.6 Å². The molecule has 1 unspecified atom stereocenters. The van der Waals surface area contributed by atoms with Crippen molar-refractivity contribution in [3.05, 3.63) is 65.1 Å². The summed E-state index contributed by atoms with van der Waals surface area (Å²) < 4.78 is 20.9. The van der Waals surface area contributed by atoms with Gasteiger partial charge >= 0.3 is 12.1 Å². The minimum atomic E-state index is -1.12. The highest BCUT2D eigenvalue weighted by molar-refractivity contribution is 6.30. The summed E-state index contributed by atoms with van der Waals surface area (Å²) in [5.41, 5.74) is 0.266. The van der Waals surface area contributed by atoms with Crippen molar-refractivity contribution in [2.45, 2.75) is 32.4 Å². The molecule has 1 aromatic heterocycles. The van der Waals surface area contributed by atoms with Crippen LogP contribution in [0.2, 0.25) is 5.02 Å². The van der Waals surface area contributed by atoms with Crippen LogP contribution in [0.5, 0.6) is 0 Å². The third-order valence-electron chi connectivity index (χ3n) is 4.14. The first-order chi connectivity index (χ1) is 13.5. The number of aliphatic carboxylic acids is 1. The maximum absolute atomic E-state index is 14.3. The van der Waals surface area contributed by atoms with E-state index >= 15 is 0 Å². The summed E-state index contributed by atoms with van der Waals surface area (Å²) in [6.45, 7) is 5.15. The minimum absolute atomic E-state index is 0.188. The average Bonchev–Trinajstić information content (AvgIpc) is 2.98. The van der Waals surface area contributed by atoms with Gasteiger partial charge in [0.25, 0.3) is 0 Å². The molecule has 8 heteroatoms. The molecule has 0 radical (unpaired) electrons. The molecule has 3 rings (SSSR count). The fourth-order valence-electron chi connectivity index (χ4n) is 3.04. The lowest BCUT2D eigenvalue weighted by Crippen LogP contribution is -2.27. The highest BCUT2D eigenvalue weighted by Gasteiger charge is 2.25. The van der Waals surface area contributed by atoms with E-state index in [1.54, 1.807) is 51.1 Å². The number of benzene rings is 2. The van der Waals surface area contributed by atoms with Gasteiger partial charge in [-0.15, -0.1) is 0 Å². The van der Waals surface area contributed by atoms with Gasteiger partial charge in [-0.3, -0.25) is 5.32 Å². The summed E-state index contributed by atoms with van der Waals surface area (Å²) >= 11 is 5.90. The smallest absolute Gasteiger partial charge is 0.412 e. The largest absolute Gasteiger partial charge is 0.479 e. The van der Waals surface area contributed by atoms with Crippen molar-refractivity contribution in [1.82, 2.24) is 4.57 Å². The maximum Gasteiger partial charge on any atom is 0.412 e. The Balaban J connectivity index is 2.06. The van der Waals surface area contributed by atoms with Crippen LogP contribution >= 0.6 is 11.6 Å². The fourth-order valence-corrected chi connectivity index (χ4v) is 3.16. The Hall–Kier alpha value is -3.06. The van der Waals surface area contributed by atoms with E-state index in [0.717, 1.165) is 6.07 Å². The van der Waals surface area contributed by atoms with Crippen LogP contribution in [0.4, 0.5) is 14.9 Å². The third kappa shape index (κ3) is 4.68. The Labute approximate surface area is 171 Å². The molecular formula is C21H20ClFN2O4. The van der Waals surface area contributed by atoms with E-state index in [1.807, 2.05) is 0 Å². The van der Waals surface area contributed by atoms with Crippen molar-refractivity contribution < 1.29 is 23.8 Å². The second-order valence-corrected chi connectivity index (χ2v) is 7.96. The topological polar surface area (TPSA) is 80.6 Å². The predicted molar refractivity (Wildman–Crippen MR) is 109 cm³/mol. The van der Waals surface area contributed by atoms with E-state index in [2.05, 4.69) is 5.32 Å². The highest BCUT2D eigenvalue weighted by Crippen LogP contribution is 2.31. The van der Waals surface area contributed by atoms with E-state index < -0.39 is 29.5 Å². The predicted octanol–water partition coefficient (Wildman–Crippen LogP) is 5.45. The van der Waals surface area contributed by atoms with Crippen molar-refractivity contribution in [3.63, 3.8) is 0 Å². The van der Waals surface area contributed by atoms with Crippen molar-refractivity contribution in [2.24, 2.45) is 0 Å². The number of carboxylic acids is 1. The van der Waals surface area contributed by atoms with Gasteiger partial charge in [0.1, 0.15) is 11.4 Å². The molecule has 1 heterocycles. The van der Waals surface area contributed by atoms with Gasteiger partial charge in [-0.2, -0.15) is 0 Å². The number of halogens is 2. The molecule has 2 aromatic carbocycles. The summed E-state index contributed by atoms with van der Waals surface area (Å²) in [4.78, 5) is 24.1. The van der Waals surface area contributed by atoms with Crippen LogP contribution in [-0.4, -0.2) is 27.3 Å². The van der Waals surface area contributed by atoms with Gasteiger partial charge in [0.15, 0.2) is 6.04 Å². The first-order valence-electron chi connectivity index (χ1n) is 8.83. The Morgan fingerprint density at radius 1 is 1.17 bits per heavy atom. The number of rotatable bonds is 4. The quantitative estimate of drug-likeness (QED) is 0.590. The zero-order chi connectivity index (χ0) is 21.3. The molecule has 1 amide bonds. The number of fused-ring (bicyclic) bond motifs is 1. The number of amides is 1. The molecule has 0 bridgehead atoms. The maximum atomic E-state index is 14.3. The molecule has 2 N–H and O–H groups in total. The van der Waals surface area contributed by atoms with Gasteiger partial charge in [-0.05, 0) is 56.7 Å². The second kappa shape index (κ2) is 7.75. The number of aromatic nitrogens is 1. The van der Waals surface area contributed by atoms with Crippen molar-refractivity contribution >= 4 is 40.3 Å². The number of ether oxygens (including phenoxy) is 1.